The number of carbonyl (C=O) groups is 7. The van der Waals surface area contributed by atoms with Crippen molar-refractivity contribution in [3.63, 3.8) is 0 Å². The fraction of sp³-hybridized carbons (Fsp3) is 0.475. The van der Waals surface area contributed by atoms with Gasteiger partial charge in [0.1, 0.15) is 42.6 Å². The Morgan fingerprint density at radius 2 is 1.25 bits per heavy atom. The van der Waals surface area contributed by atoms with Crippen LogP contribution in [0.1, 0.15) is 57.6 Å². The highest BCUT2D eigenvalue weighted by atomic mass is 16.2. The number of hydrogen-bond donors (Lipinski definition) is 6. The number of benzene rings is 2. The Hall–Kier alpha value is -5.93. The van der Waals surface area contributed by atoms with E-state index in [0.717, 1.165) is 11.1 Å². The molecule has 3 aliphatic rings. The van der Waals surface area contributed by atoms with Crippen molar-refractivity contribution in [2.24, 2.45) is 15.9 Å². The number of carbonyl (C=O) groups excluding carboxylic acids is 7. The molecule has 0 radical (unpaired) electrons. The van der Waals surface area contributed by atoms with Crippen LogP contribution in [-0.2, 0) is 46.4 Å². The third-order valence-corrected chi connectivity index (χ3v) is 9.85. The van der Waals surface area contributed by atoms with Gasteiger partial charge >= 0.3 is 0 Å². The molecule has 298 valence electrons. The quantitative estimate of drug-likeness (QED) is 0.215. The molecular weight excluding hydrogens is 718 g/mol. The molecule has 3 aliphatic heterocycles. The van der Waals surface area contributed by atoms with E-state index in [1.165, 1.54) is 18.2 Å². The van der Waals surface area contributed by atoms with E-state index in [1.807, 2.05) is 50.2 Å². The van der Waals surface area contributed by atoms with E-state index < -0.39 is 84.1 Å². The van der Waals surface area contributed by atoms with Crippen molar-refractivity contribution in [3.8, 4) is 0 Å². The third kappa shape index (κ3) is 11.5. The summed E-state index contributed by atoms with van der Waals surface area (Å²) in [6, 6.07) is 11.5. The van der Waals surface area contributed by atoms with Gasteiger partial charge in [-0.1, -0.05) is 74.5 Å². The number of amides is 7. The summed E-state index contributed by atoms with van der Waals surface area (Å²) in [6.07, 6.45) is 2.59. The van der Waals surface area contributed by atoms with E-state index in [4.69, 9.17) is 0 Å². The van der Waals surface area contributed by atoms with Crippen molar-refractivity contribution in [2.75, 3.05) is 19.6 Å². The van der Waals surface area contributed by atoms with Crippen molar-refractivity contribution in [1.82, 2.24) is 36.8 Å². The summed E-state index contributed by atoms with van der Waals surface area (Å²) in [6.45, 7) is 5.24. The van der Waals surface area contributed by atoms with E-state index in [-0.39, 0.29) is 44.7 Å². The zero-order valence-electron chi connectivity index (χ0n) is 32.0. The second-order valence-electron chi connectivity index (χ2n) is 14.8. The van der Waals surface area contributed by atoms with Crippen LogP contribution in [0.2, 0.25) is 0 Å². The van der Waals surface area contributed by atoms with E-state index in [9.17, 15) is 33.6 Å². The van der Waals surface area contributed by atoms with Gasteiger partial charge < -0.3 is 36.8 Å². The van der Waals surface area contributed by atoms with Crippen LogP contribution in [0.25, 0.3) is 0 Å². The second-order valence-corrected chi connectivity index (χ2v) is 14.8. The van der Waals surface area contributed by atoms with Crippen LogP contribution in [-0.4, -0.2) is 114 Å². The molecule has 3 heterocycles. The van der Waals surface area contributed by atoms with E-state index >= 15 is 0 Å². The topological polar surface area (TPSA) is 220 Å². The van der Waals surface area contributed by atoms with Gasteiger partial charge in [0.15, 0.2) is 0 Å². The average Bonchev–Trinajstić information content (AvgIpc) is 3.89. The van der Waals surface area contributed by atoms with Gasteiger partial charge in [0.2, 0.25) is 41.4 Å². The van der Waals surface area contributed by atoms with Gasteiger partial charge in [-0.15, -0.1) is 0 Å². The molecule has 7 amide bonds. The molecular formula is C40H51N9O7. The Morgan fingerprint density at radius 1 is 0.679 bits per heavy atom. The van der Waals surface area contributed by atoms with Gasteiger partial charge in [0.25, 0.3) is 0 Å². The highest BCUT2D eigenvalue weighted by Gasteiger charge is 2.39. The van der Waals surface area contributed by atoms with Gasteiger partial charge in [-0.3, -0.25) is 38.6 Å². The van der Waals surface area contributed by atoms with Crippen molar-refractivity contribution < 1.29 is 33.6 Å². The highest BCUT2D eigenvalue weighted by molar-refractivity contribution is 6.02. The molecule has 16 nitrogen and oxygen atoms in total. The lowest BCUT2D eigenvalue weighted by atomic mass is 10.0. The smallest absolute Gasteiger partial charge is 0.246 e. The Balaban J connectivity index is 1.48. The number of fused-ring (bicyclic) bond motifs is 1. The van der Waals surface area contributed by atoms with Gasteiger partial charge in [0.05, 0.1) is 13.1 Å². The normalized spacial score (nSPS) is 25.9. The predicted octanol–water partition coefficient (Wildman–Crippen LogP) is -0.0444. The zero-order valence-corrected chi connectivity index (χ0v) is 32.0. The molecule has 0 aliphatic carbocycles. The minimum Gasteiger partial charge on any atom is -0.345 e. The first-order chi connectivity index (χ1) is 26.9. The van der Waals surface area contributed by atoms with Crippen LogP contribution in [0.4, 0.5) is 0 Å². The molecule has 6 N–H and O–H groups in total. The number of nitrogens with zero attached hydrogens (tertiary/aromatic N) is 3. The van der Waals surface area contributed by atoms with Gasteiger partial charge in [0, 0.05) is 31.5 Å². The molecule has 2 aromatic carbocycles. The SMILES string of the molecule is CC(C)CC1NC(=O)CNC(=O)C2CCCN2C(=O)C(Cc2ccccc2)NC(=O)C(C)NC(=O)C(Cc2ccccc2)NC(=O)C(CC2=NC=NC2)NC1=O. The Bertz CT molecular complexity index is 1820. The lowest BCUT2D eigenvalue weighted by Crippen LogP contribution is -2.59. The van der Waals surface area contributed by atoms with Crippen molar-refractivity contribution in [1.29, 1.82) is 0 Å². The zero-order chi connectivity index (χ0) is 40.2. The molecule has 16 heteroatoms. The summed E-state index contributed by atoms with van der Waals surface area (Å²) >= 11 is 0. The van der Waals surface area contributed by atoms with Gasteiger partial charge in [-0.05, 0) is 43.2 Å². The maximum atomic E-state index is 14.2. The summed E-state index contributed by atoms with van der Waals surface area (Å²) < 4.78 is 0. The molecule has 0 bridgehead atoms. The number of nitrogens with one attached hydrogen (secondary N) is 6. The van der Waals surface area contributed by atoms with E-state index in [2.05, 4.69) is 41.9 Å². The Morgan fingerprint density at radius 3 is 1.86 bits per heavy atom. The lowest BCUT2D eigenvalue weighted by Gasteiger charge is -2.30. The van der Waals surface area contributed by atoms with Crippen molar-refractivity contribution >= 4 is 53.4 Å². The molecule has 0 aromatic heterocycles. The first kappa shape index (κ1) is 41.2. The molecule has 0 spiro atoms. The van der Waals surface area contributed by atoms with Gasteiger partial charge in [-0.25, -0.2) is 4.99 Å². The maximum absolute atomic E-state index is 14.2. The van der Waals surface area contributed by atoms with Crippen LogP contribution < -0.4 is 31.9 Å². The summed E-state index contributed by atoms with van der Waals surface area (Å²) in [7, 11) is 0. The largest absolute Gasteiger partial charge is 0.345 e. The van der Waals surface area contributed by atoms with Gasteiger partial charge in [-0.2, -0.15) is 0 Å². The molecule has 6 unspecified atom stereocenters. The second kappa shape index (κ2) is 19.6. The predicted molar refractivity (Wildman–Crippen MR) is 208 cm³/mol. The third-order valence-electron chi connectivity index (χ3n) is 9.85. The highest BCUT2D eigenvalue weighted by Crippen LogP contribution is 2.20. The van der Waals surface area contributed by atoms with E-state index in [0.29, 0.717) is 18.6 Å². The Labute approximate surface area is 326 Å². The summed E-state index contributed by atoms with van der Waals surface area (Å²) in [4.78, 5) is 106. The monoisotopic (exact) mass is 769 g/mol. The molecule has 6 atom stereocenters. The fourth-order valence-electron chi connectivity index (χ4n) is 6.94. The van der Waals surface area contributed by atoms with Crippen LogP contribution in [0.5, 0.6) is 0 Å². The van der Waals surface area contributed by atoms with Crippen LogP contribution in [0, 0.1) is 5.92 Å². The number of aliphatic imine (C=N–C) groups is 2. The van der Waals surface area contributed by atoms with Crippen LogP contribution in [0.3, 0.4) is 0 Å². The number of hydrogen-bond acceptors (Lipinski definition) is 9. The van der Waals surface area contributed by atoms with Crippen LogP contribution in [0.15, 0.2) is 70.6 Å². The van der Waals surface area contributed by atoms with Crippen molar-refractivity contribution in [2.45, 2.75) is 95.5 Å². The minimum absolute atomic E-state index is 0.0246. The van der Waals surface area contributed by atoms with Crippen LogP contribution >= 0.6 is 0 Å². The molecule has 2 saturated heterocycles. The Kier molecular flexibility index (Phi) is 14.4. The summed E-state index contributed by atoms with van der Waals surface area (Å²) in [5.41, 5.74) is 2.01. The average molecular weight is 770 g/mol. The number of rotatable bonds is 8. The first-order valence-corrected chi connectivity index (χ1v) is 19.1. The fourth-order valence-corrected chi connectivity index (χ4v) is 6.94. The minimum atomic E-state index is -1.21. The molecule has 0 saturated carbocycles. The van der Waals surface area contributed by atoms with E-state index in [1.54, 1.807) is 24.3 Å². The maximum Gasteiger partial charge on any atom is 0.246 e. The molecule has 2 aromatic rings. The lowest BCUT2D eigenvalue weighted by molar-refractivity contribution is -0.142. The standard InChI is InChI=1S/C40H51N9O7/c1-24(2)17-29-37(53)47-31(20-28-21-41-23-43-28)38(54)46-30(18-26-11-6-4-7-12-26)36(52)44-25(3)35(51)48-32(19-27-13-8-5-9-14-27)40(56)49-16-10-15-33(49)39(55)42-22-34(50)45-29/h4-9,11-14,23-25,29-33H,10,15-22H2,1-3H3,(H,42,55)(H,44,52)(H,45,50)(H,46,54)(H,47,53)(H,48,51). The molecule has 2 fully saturated rings. The molecule has 56 heavy (non-hydrogen) atoms. The van der Waals surface area contributed by atoms with Crippen molar-refractivity contribution in [3.05, 3.63) is 71.8 Å². The summed E-state index contributed by atoms with van der Waals surface area (Å²) in [5.74, 6) is -4.38. The molecule has 5 rings (SSSR count). The summed E-state index contributed by atoms with van der Waals surface area (Å²) in [5, 5.41) is 16.3. The first-order valence-electron chi connectivity index (χ1n) is 19.1.